The van der Waals surface area contributed by atoms with E-state index in [0.717, 1.165) is 22.5 Å². The van der Waals surface area contributed by atoms with Gasteiger partial charge in [-0.05, 0) is 24.5 Å². The minimum Gasteiger partial charge on any atom is -0.335 e. The van der Waals surface area contributed by atoms with Crippen molar-refractivity contribution in [3.05, 3.63) is 46.7 Å². The van der Waals surface area contributed by atoms with Crippen LogP contribution in [-0.2, 0) is 16.2 Å². The maximum Gasteiger partial charge on any atom is 0.416 e. The quantitative estimate of drug-likeness (QED) is 0.494. The molecule has 0 atom stereocenters. The van der Waals surface area contributed by atoms with Gasteiger partial charge in [-0.1, -0.05) is 29.4 Å². The van der Waals surface area contributed by atoms with Gasteiger partial charge in [0.25, 0.3) is 5.91 Å². The Labute approximate surface area is 180 Å². The van der Waals surface area contributed by atoms with Crippen molar-refractivity contribution in [3.63, 3.8) is 0 Å². The molecule has 0 bridgehead atoms. The minimum atomic E-state index is -4.65. The van der Waals surface area contributed by atoms with E-state index in [0.29, 0.717) is 11.2 Å². The van der Waals surface area contributed by atoms with Crippen LogP contribution in [-0.4, -0.2) is 65.9 Å². The van der Waals surface area contributed by atoms with Gasteiger partial charge in [0.2, 0.25) is 10.0 Å². The summed E-state index contributed by atoms with van der Waals surface area (Å²) in [4.78, 5) is 21.7. The van der Waals surface area contributed by atoms with Crippen molar-refractivity contribution >= 4 is 39.3 Å². The number of sulfonamides is 1. The van der Waals surface area contributed by atoms with Crippen LogP contribution < -0.4 is 0 Å². The lowest BCUT2D eigenvalue weighted by molar-refractivity contribution is -0.137. The smallest absolute Gasteiger partial charge is 0.335 e. The molecule has 162 valence electrons. The van der Waals surface area contributed by atoms with Crippen LogP contribution in [0.4, 0.5) is 13.2 Å². The molecular formula is C17H16ClF3N4O3S2. The van der Waals surface area contributed by atoms with E-state index in [2.05, 4.69) is 9.97 Å². The molecule has 0 N–H and O–H groups in total. The zero-order chi connectivity index (χ0) is 22.1. The molecule has 1 saturated heterocycles. The van der Waals surface area contributed by atoms with Crippen LogP contribution in [0.3, 0.4) is 0 Å². The first-order chi connectivity index (χ1) is 14.0. The van der Waals surface area contributed by atoms with Gasteiger partial charge in [0.15, 0.2) is 10.9 Å². The number of carbonyl (C=O) groups excluding carboxylic acids is 1. The number of halogens is 4. The van der Waals surface area contributed by atoms with Crippen molar-refractivity contribution in [3.8, 4) is 0 Å². The molecule has 0 unspecified atom stereocenters. The van der Waals surface area contributed by atoms with E-state index >= 15 is 0 Å². The van der Waals surface area contributed by atoms with Gasteiger partial charge in [-0.25, -0.2) is 18.4 Å². The molecule has 3 rings (SSSR count). The SMILES string of the molecule is CSc1ncc(Cl)c(C(=O)N2CCN(S(=O)(=O)c3cccc(C(F)(F)F)c3)CC2)n1. The summed E-state index contributed by atoms with van der Waals surface area (Å²) in [6.45, 7) is -0.0390. The van der Waals surface area contributed by atoms with Crippen LogP contribution in [0.5, 0.6) is 0 Å². The third kappa shape index (κ3) is 4.71. The van der Waals surface area contributed by atoms with E-state index in [1.807, 2.05) is 0 Å². The van der Waals surface area contributed by atoms with Crippen molar-refractivity contribution in [2.75, 3.05) is 32.4 Å². The van der Waals surface area contributed by atoms with Crippen LogP contribution >= 0.6 is 23.4 Å². The van der Waals surface area contributed by atoms with E-state index in [4.69, 9.17) is 11.6 Å². The summed E-state index contributed by atoms with van der Waals surface area (Å²) in [5.74, 6) is -0.464. The normalized spacial score (nSPS) is 16.0. The molecule has 1 aromatic carbocycles. The number of hydrogen-bond acceptors (Lipinski definition) is 6. The first-order valence-corrected chi connectivity index (χ1v) is 11.6. The molecule has 0 radical (unpaired) electrons. The van der Waals surface area contributed by atoms with Gasteiger partial charge < -0.3 is 4.90 Å². The number of thioether (sulfide) groups is 1. The molecule has 13 heteroatoms. The summed E-state index contributed by atoms with van der Waals surface area (Å²) in [5.41, 5.74) is -1.02. The van der Waals surface area contributed by atoms with Gasteiger partial charge in [0.1, 0.15) is 0 Å². The topological polar surface area (TPSA) is 83.5 Å². The fourth-order valence-electron chi connectivity index (χ4n) is 2.86. The first kappa shape index (κ1) is 22.8. The second kappa shape index (κ2) is 8.69. The van der Waals surface area contributed by atoms with Gasteiger partial charge in [-0.15, -0.1) is 0 Å². The molecule has 1 fully saturated rings. The predicted octanol–water partition coefficient (Wildman–Crippen LogP) is 3.02. The first-order valence-electron chi connectivity index (χ1n) is 8.57. The monoisotopic (exact) mass is 480 g/mol. The van der Waals surface area contributed by atoms with Crippen molar-refractivity contribution in [1.82, 2.24) is 19.2 Å². The zero-order valence-corrected chi connectivity index (χ0v) is 17.9. The number of carbonyl (C=O) groups is 1. The highest BCUT2D eigenvalue weighted by atomic mass is 35.5. The Balaban J connectivity index is 1.74. The van der Waals surface area contributed by atoms with E-state index in [1.54, 1.807) is 6.26 Å². The summed E-state index contributed by atoms with van der Waals surface area (Å²) in [5, 5.41) is 0.449. The van der Waals surface area contributed by atoms with Gasteiger partial charge in [0.05, 0.1) is 21.7 Å². The Morgan fingerprint density at radius 1 is 1.20 bits per heavy atom. The number of aromatic nitrogens is 2. The van der Waals surface area contributed by atoms with E-state index in [9.17, 15) is 26.4 Å². The number of amides is 1. The van der Waals surface area contributed by atoms with Crippen LogP contribution in [0, 0.1) is 0 Å². The molecule has 0 spiro atoms. The Hall–Kier alpha value is -1.89. The van der Waals surface area contributed by atoms with Crippen LogP contribution in [0.15, 0.2) is 40.5 Å². The number of hydrogen-bond donors (Lipinski definition) is 0. The minimum absolute atomic E-state index is 0.0187. The van der Waals surface area contributed by atoms with Crippen molar-refractivity contribution < 1.29 is 26.4 Å². The lowest BCUT2D eigenvalue weighted by atomic mass is 10.2. The summed E-state index contributed by atoms with van der Waals surface area (Å²) in [6.07, 6.45) is -1.58. The van der Waals surface area contributed by atoms with E-state index in [-0.39, 0.29) is 36.9 Å². The Bertz CT molecular complexity index is 1060. The second-order valence-corrected chi connectivity index (χ2v) is 9.39. The third-order valence-electron chi connectivity index (χ3n) is 4.43. The second-order valence-electron chi connectivity index (χ2n) is 6.28. The fourth-order valence-corrected chi connectivity index (χ4v) is 4.84. The van der Waals surface area contributed by atoms with Crippen molar-refractivity contribution in [2.24, 2.45) is 0 Å². The highest BCUT2D eigenvalue weighted by Gasteiger charge is 2.35. The fraction of sp³-hybridized carbons (Fsp3) is 0.353. The highest BCUT2D eigenvalue weighted by molar-refractivity contribution is 7.98. The molecule has 1 aliphatic rings. The molecule has 2 aromatic rings. The summed E-state index contributed by atoms with van der Waals surface area (Å²) in [7, 11) is -4.14. The molecule has 7 nitrogen and oxygen atoms in total. The van der Waals surface area contributed by atoms with E-state index in [1.165, 1.54) is 22.9 Å². The van der Waals surface area contributed by atoms with Crippen LogP contribution in [0.25, 0.3) is 0 Å². The number of piperazine rings is 1. The molecule has 1 aliphatic heterocycles. The standard InChI is InChI=1S/C17H16ClF3N4O3S2/c1-29-16-22-10-13(18)14(23-16)15(26)24-5-7-25(8-6-24)30(27,28)12-4-2-3-11(9-12)17(19,20)21/h2-4,9-10H,5-8H2,1H3. The predicted molar refractivity (Wildman–Crippen MR) is 105 cm³/mol. The summed E-state index contributed by atoms with van der Waals surface area (Å²) < 4.78 is 65.3. The lowest BCUT2D eigenvalue weighted by Crippen LogP contribution is -2.50. The maximum atomic E-state index is 12.9. The third-order valence-corrected chi connectivity index (χ3v) is 7.17. The number of benzene rings is 1. The zero-order valence-electron chi connectivity index (χ0n) is 15.6. The lowest BCUT2D eigenvalue weighted by Gasteiger charge is -2.34. The average Bonchev–Trinajstić information content (AvgIpc) is 2.73. The molecule has 1 aromatic heterocycles. The van der Waals surface area contributed by atoms with Crippen LogP contribution in [0.2, 0.25) is 5.02 Å². The Kier molecular flexibility index (Phi) is 6.60. The van der Waals surface area contributed by atoms with Crippen molar-refractivity contribution in [1.29, 1.82) is 0 Å². The molecule has 30 heavy (non-hydrogen) atoms. The van der Waals surface area contributed by atoms with Gasteiger partial charge in [-0.3, -0.25) is 4.79 Å². The number of rotatable bonds is 4. The van der Waals surface area contributed by atoms with Crippen molar-refractivity contribution in [2.45, 2.75) is 16.2 Å². The Morgan fingerprint density at radius 2 is 1.87 bits per heavy atom. The summed E-state index contributed by atoms with van der Waals surface area (Å²) >= 11 is 7.26. The van der Waals surface area contributed by atoms with E-state index < -0.39 is 32.6 Å². The molecule has 0 aliphatic carbocycles. The van der Waals surface area contributed by atoms with Crippen LogP contribution in [0.1, 0.15) is 16.1 Å². The highest BCUT2D eigenvalue weighted by Crippen LogP contribution is 2.31. The molecule has 0 saturated carbocycles. The summed E-state index contributed by atoms with van der Waals surface area (Å²) in [6, 6.07) is 3.59. The van der Waals surface area contributed by atoms with Gasteiger partial charge >= 0.3 is 6.18 Å². The van der Waals surface area contributed by atoms with Gasteiger partial charge in [0, 0.05) is 26.2 Å². The maximum absolute atomic E-state index is 12.9. The molecule has 1 amide bonds. The average molecular weight is 481 g/mol. The van der Waals surface area contributed by atoms with Gasteiger partial charge in [-0.2, -0.15) is 17.5 Å². The Morgan fingerprint density at radius 3 is 2.47 bits per heavy atom. The largest absolute Gasteiger partial charge is 0.416 e. The molecular weight excluding hydrogens is 465 g/mol. The molecule has 2 heterocycles. The number of alkyl halides is 3. The number of nitrogens with zero attached hydrogens (tertiary/aromatic N) is 4.